The first-order chi connectivity index (χ1) is 13.2. The van der Waals surface area contributed by atoms with Crippen molar-refractivity contribution in [2.45, 2.75) is 12.3 Å². The van der Waals surface area contributed by atoms with E-state index in [-0.39, 0.29) is 11.8 Å². The summed E-state index contributed by atoms with van der Waals surface area (Å²) in [5, 5.41) is 4.10. The Labute approximate surface area is 156 Å². The molecule has 0 aliphatic carbocycles. The number of nitrogens with zero attached hydrogens (tertiary/aromatic N) is 3. The summed E-state index contributed by atoms with van der Waals surface area (Å²) in [4.78, 5) is 18.7. The summed E-state index contributed by atoms with van der Waals surface area (Å²) >= 11 is 0. The molecule has 4 rings (SSSR count). The fraction of sp³-hybridized carbons (Fsp3) is 0.250. The van der Waals surface area contributed by atoms with E-state index in [1.54, 1.807) is 19.1 Å². The third kappa shape index (κ3) is 3.23. The Bertz CT molecular complexity index is 952. The van der Waals surface area contributed by atoms with Crippen molar-refractivity contribution in [2.75, 3.05) is 25.7 Å². The van der Waals surface area contributed by atoms with Gasteiger partial charge >= 0.3 is 0 Å². The first-order valence-electron chi connectivity index (χ1n) is 8.61. The average Bonchev–Trinajstić information content (AvgIpc) is 3.35. The summed E-state index contributed by atoms with van der Waals surface area (Å²) in [6, 6.07) is 14.9. The van der Waals surface area contributed by atoms with Crippen molar-refractivity contribution in [3.05, 3.63) is 54.4 Å². The summed E-state index contributed by atoms with van der Waals surface area (Å²) < 4.78 is 15.9. The first kappa shape index (κ1) is 17.1. The van der Waals surface area contributed by atoms with Gasteiger partial charge in [-0.3, -0.25) is 4.79 Å². The van der Waals surface area contributed by atoms with Crippen molar-refractivity contribution in [3.63, 3.8) is 0 Å². The Kier molecular flexibility index (Phi) is 4.50. The summed E-state index contributed by atoms with van der Waals surface area (Å²) in [6.07, 6.45) is 0.344. The molecule has 0 radical (unpaired) electrons. The molecular formula is C20H19N3O4. The van der Waals surface area contributed by atoms with Crippen molar-refractivity contribution in [2.24, 2.45) is 0 Å². The lowest BCUT2D eigenvalue weighted by atomic mass is 10.1. The van der Waals surface area contributed by atoms with E-state index >= 15 is 0 Å². The number of benzene rings is 2. The Morgan fingerprint density at radius 2 is 1.85 bits per heavy atom. The summed E-state index contributed by atoms with van der Waals surface area (Å²) in [5.41, 5.74) is 1.56. The van der Waals surface area contributed by atoms with Crippen LogP contribution in [0.2, 0.25) is 0 Å². The number of methoxy groups -OCH3 is 2. The van der Waals surface area contributed by atoms with Crippen LogP contribution in [0.4, 0.5) is 5.69 Å². The van der Waals surface area contributed by atoms with Gasteiger partial charge in [0.15, 0.2) is 5.82 Å². The van der Waals surface area contributed by atoms with E-state index in [1.807, 2.05) is 48.5 Å². The molecule has 2 aromatic carbocycles. The van der Waals surface area contributed by atoms with Crippen LogP contribution in [0.25, 0.3) is 11.5 Å². The summed E-state index contributed by atoms with van der Waals surface area (Å²) in [7, 11) is 3.21. The van der Waals surface area contributed by atoms with Crippen molar-refractivity contribution >= 4 is 11.6 Å². The molecule has 0 saturated carbocycles. The van der Waals surface area contributed by atoms with Crippen LogP contribution in [0.5, 0.6) is 11.5 Å². The molecule has 0 spiro atoms. The lowest BCUT2D eigenvalue weighted by molar-refractivity contribution is -0.117. The Hall–Kier alpha value is -3.35. The Balaban J connectivity index is 1.55. The lowest BCUT2D eigenvalue weighted by Crippen LogP contribution is -2.24. The molecule has 2 heterocycles. The highest BCUT2D eigenvalue weighted by Crippen LogP contribution is 2.34. The second-order valence-corrected chi connectivity index (χ2v) is 6.26. The van der Waals surface area contributed by atoms with E-state index < -0.39 is 0 Å². The maximum Gasteiger partial charge on any atom is 0.261 e. The van der Waals surface area contributed by atoms with Crippen LogP contribution >= 0.6 is 0 Å². The molecule has 1 saturated heterocycles. The van der Waals surface area contributed by atoms with E-state index in [2.05, 4.69) is 10.1 Å². The van der Waals surface area contributed by atoms with Crippen LogP contribution in [-0.2, 0) is 4.79 Å². The highest BCUT2D eigenvalue weighted by molar-refractivity contribution is 5.96. The van der Waals surface area contributed by atoms with Crippen LogP contribution in [0.1, 0.15) is 18.2 Å². The number of carbonyl (C=O) groups is 1. The molecule has 1 fully saturated rings. The minimum Gasteiger partial charge on any atom is -0.497 e. The molecule has 138 valence electrons. The van der Waals surface area contributed by atoms with Crippen LogP contribution < -0.4 is 14.4 Å². The van der Waals surface area contributed by atoms with E-state index in [9.17, 15) is 4.79 Å². The molecule has 0 bridgehead atoms. The normalized spacial score (nSPS) is 16.6. The van der Waals surface area contributed by atoms with E-state index in [1.165, 1.54) is 0 Å². The number of hydrogen-bond donors (Lipinski definition) is 0. The van der Waals surface area contributed by atoms with Crippen molar-refractivity contribution in [3.8, 4) is 23.0 Å². The summed E-state index contributed by atoms with van der Waals surface area (Å²) in [5.74, 6) is 2.25. The van der Waals surface area contributed by atoms with Gasteiger partial charge in [0.05, 0.1) is 19.8 Å². The van der Waals surface area contributed by atoms with Gasteiger partial charge in [0.25, 0.3) is 5.89 Å². The maximum atomic E-state index is 12.5. The number of carbonyl (C=O) groups excluding carboxylic acids is 1. The van der Waals surface area contributed by atoms with Crippen molar-refractivity contribution < 1.29 is 18.8 Å². The molecule has 1 aliphatic heterocycles. The first-order valence-corrected chi connectivity index (χ1v) is 8.61. The van der Waals surface area contributed by atoms with E-state index in [4.69, 9.17) is 14.0 Å². The minimum absolute atomic E-state index is 0.0359. The van der Waals surface area contributed by atoms with Crippen molar-refractivity contribution in [1.82, 2.24) is 10.1 Å². The number of rotatable bonds is 5. The fourth-order valence-corrected chi connectivity index (χ4v) is 3.22. The molecule has 7 heteroatoms. The standard InChI is InChI=1S/C20H19N3O4/c1-25-15-9-7-14(8-10-15)23-12-13(11-18(23)24)19-21-20(27-22-19)16-5-3-4-6-17(16)26-2/h3-10,13H,11-12H2,1-2H3/t13-/m1/s1. The van der Waals surface area contributed by atoms with Crippen LogP contribution in [-0.4, -0.2) is 36.8 Å². The van der Waals surface area contributed by atoms with Gasteiger partial charge in [-0.15, -0.1) is 0 Å². The quantitative estimate of drug-likeness (QED) is 0.691. The number of hydrogen-bond acceptors (Lipinski definition) is 6. The highest BCUT2D eigenvalue weighted by Gasteiger charge is 2.34. The second-order valence-electron chi connectivity index (χ2n) is 6.26. The van der Waals surface area contributed by atoms with Crippen LogP contribution in [0, 0.1) is 0 Å². The predicted molar refractivity (Wildman–Crippen MR) is 99.0 cm³/mol. The Morgan fingerprint density at radius 1 is 1.07 bits per heavy atom. The zero-order valence-corrected chi connectivity index (χ0v) is 15.1. The molecule has 1 aromatic heterocycles. The van der Waals surface area contributed by atoms with Gasteiger partial charge in [-0.05, 0) is 36.4 Å². The molecule has 1 aliphatic rings. The predicted octanol–water partition coefficient (Wildman–Crippen LogP) is 3.27. The lowest BCUT2D eigenvalue weighted by Gasteiger charge is -2.16. The third-order valence-corrected chi connectivity index (χ3v) is 4.65. The van der Waals surface area contributed by atoms with Crippen LogP contribution in [0.3, 0.4) is 0 Å². The molecule has 0 unspecified atom stereocenters. The molecular weight excluding hydrogens is 346 g/mol. The zero-order chi connectivity index (χ0) is 18.8. The smallest absolute Gasteiger partial charge is 0.261 e. The second kappa shape index (κ2) is 7.11. The molecule has 3 aromatic rings. The van der Waals surface area contributed by atoms with Crippen molar-refractivity contribution in [1.29, 1.82) is 0 Å². The maximum absolute atomic E-state index is 12.5. The monoisotopic (exact) mass is 365 g/mol. The van der Waals surface area contributed by atoms with Gasteiger partial charge in [-0.1, -0.05) is 17.3 Å². The zero-order valence-electron chi connectivity index (χ0n) is 15.1. The van der Waals surface area contributed by atoms with Gasteiger partial charge in [-0.2, -0.15) is 4.98 Å². The van der Waals surface area contributed by atoms with Gasteiger partial charge in [0.1, 0.15) is 11.5 Å². The number of aromatic nitrogens is 2. The highest BCUT2D eigenvalue weighted by atomic mass is 16.5. The fourth-order valence-electron chi connectivity index (χ4n) is 3.22. The summed E-state index contributed by atoms with van der Waals surface area (Å²) in [6.45, 7) is 0.510. The SMILES string of the molecule is COc1ccc(N2C[C@H](c3noc(-c4ccccc4OC)n3)CC2=O)cc1. The van der Waals surface area contributed by atoms with Gasteiger partial charge in [0, 0.05) is 24.6 Å². The molecule has 27 heavy (non-hydrogen) atoms. The molecule has 1 atom stereocenters. The largest absolute Gasteiger partial charge is 0.497 e. The van der Waals surface area contributed by atoms with Crippen LogP contribution in [0.15, 0.2) is 53.1 Å². The number of anilines is 1. The Morgan fingerprint density at radius 3 is 2.59 bits per heavy atom. The van der Waals surface area contributed by atoms with E-state index in [0.717, 1.165) is 17.0 Å². The molecule has 1 amide bonds. The average molecular weight is 365 g/mol. The molecule has 0 N–H and O–H groups in total. The van der Waals surface area contributed by atoms with Gasteiger partial charge in [0.2, 0.25) is 5.91 Å². The number of amides is 1. The number of ether oxygens (including phenoxy) is 2. The topological polar surface area (TPSA) is 77.7 Å². The number of para-hydroxylation sites is 1. The molecule has 7 nitrogen and oxygen atoms in total. The minimum atomic E-state index is -0.119. The third-order valence-electron chi connectivity index (χ3n) is 4.65. The van der Waals surface area contributed by atoms with Gasteiger partial charge < -0.3 is 18.9 Å². The van der Waals surface area contributed by atoms with Gasteiger partial charge in [-0.25, -0.2) is 0 Å². The van der Waals surface area contributed by atoms with E-state index in [0.29, 0.717) is 30.4 Å².